The molecule has 6 heteroatoms. The molecule has 0 atom stereocenters. The van der Waals surface area contributed by atoms with Crippen LogP contribution < -0.4 is 0 Å². The lowest BCUT2D eigenvalue weighted by Crippen LogP contribution is -2.26. The van der Waals surface area contributed by atoms with E-state index in [-0.39, 0.29) is 5.54 Å². The number of benzene rings is 1. The third kappa shape index (κ3) is 3.27. The van der Waals surface area contributed by atoms with E-state index in [0.29, 0.717) is 22.3 Å². The molecular weight excluding hydrogens is 317 g/mol. The lowest BCUT2D eigenvalue weighted by Gasteiger charge is -2.24. The quantitative estimate of drug-likeness (QED) is 0.765. The highest BCUT2D eigenvalue weighted by Crippen LogP contribution is 2.25. The number of hydrogen-bond donors (Lipinski definition) is 0. The number of rotatable bonds is 3. The van der Waals surface area contributed by atoms with Crippen LogP contribution in [0.3, 0.4) is 0 Å². The van der Waals surface area contributed by atoms with Gasteiger partial charge < -0.3 is 4.57 Å². The molecular formula is C14H16Cl3N3. The normalized spacial score (nSPS) is 11.9. The Balaban J connectivity index is 2.38. The fourth-order valence-corrected chi connectivity index (χ4v) is 2.65. The van der Waals surface area contributed by atoms with Gasteiger partial charge in [0.2, 0.25) is 0 Å². The average molecular weight is 333 g/mol. The summed E-state index contributed by atoms with van der Waals surface area (Å²) in [5.74, 6) is 1.98. The van der Waals surface area contributed by atoms with Gasteiger partial charge in [0.25, 0.3) is 0 Å². The van der Waals surface area contributed by atoms with E-state index in [2.05, 4.69) is 35.5 Å². The highest BCUT2D eigenvalue weighted by atomic mass is 35.5. The van der Waals surface area contributed by atoms with Gasteiger partial charge >= 0.3 is 0 Å². The molecule has 0 fully saturated rings. The number of nitrogens with zero attached hydrogens (tertiary/aromatic N) is 3. The summed E-state index contributed by atoms with van der Waals surface area (Å²) in [5, 5.41) is 9.51. The van der Waals surface area contributed by atoms with Gasteiger partial charge in [-0.15, -0.1) is 21.8 Å². The molecule has 0 aliphatic heterocycles. The fraction of sp³-hybridized carbons (Fsp3) is 0.429. The molecule has 0 aliphatic carbocycles. The summed E-state index contributed by atoms with van der Waals surface area (Å²) in [7, 11) is 0. The molecule has 0 spiro atoms. The van der Waals surface area contributed by atoms with Crippen LogP contribution in [0.1, 0.15) is 38.0 Å². The van der Waals surface area contributed by atoms with E-state index in [1.54, 1.807) is 6.07 Å². The van der Waals surface area contributed by atoms with Crippen molar-refractivity contribution in [3.63, 3.8) is 0 Å². The summed E-state index contributed by atoms with van der Waals surface area (Å²) < 4.78 is 2.07. The van der Waals surface area contributed by atoms with Crippen LogP contribution in [0.5, 0.6) is 0 Å². The van der Waals surface area contributed by atoms with Crippen LogP contribution in [0.4, 0.5) is 0 Å². The van der Waals surface area contributed by atoms with Crippen molar-refractivity contribution in [2.24, 2.45) is 0 Å². The zero-order chi connectivity index (χ0) is 14.9. The lowest BCUT2D eigenvalue weighted by molar-refractivity contribution is 0.375. The monoisotopic (exact) mass is 331 g/mol. The van der Waals surface area contributed by atoms with Gasteiger partial charge in [0.1, 0.15) is 11.6 Å². The first-order valence-electron chi connectivity index (χ1n) is 6.26. The Kier molecular flexibility index (Phi) is 4.62. The van der Waals surface area contributed by atoms with Gasteiger partial charge in [0, 0.05) is 12.0 Å². The molecule has 0 unspecified atom stereocenters. The maximum absolute atomic E-state index is 6.05. The molecule has 0 N–H and O–H groups in total. The Morgan fingerprint density at radius 1 is 1.05 bits per heavy atom. The van der Waals surface area contributed by atoms with Crippen LogP contribution in [0, 0.1) is 0 Å². The van der Waals surface area contributed by atoms with Crippen molar-refractivity contribution in [3.05, 3.63) is 45.5 Å². The standard InChI is InChI=1S/C14H16Cl3N3/c1-14(2,3)20-12(18-19-13(20)8-15)7-9-4-5-10(16)11(17)6-9/h4-6H,7-8H2,1-3H3. The summed E-state index contributed by atoms with van der Waals surface area (Å²) >= 11 is 17.9. The molecule has 3 nitrogen and oxygen atoms in total. The van der Waals surface area contributed by atoms with Crippen LogP contribution in [-0.4, -0.2) is 14.8 Å². The maximum Gasteiger partial charge on any atom is 0.148 e. The Morgan fingerprint density at radius 3 is 2.25 bits per heavy atom. The van der Waals surface area contributed by atoms with Gasteiger partial charge in [-0.25, -0.2) is 0 Å². The second-order valence-electron chi connectivity index (χ2n) is 5.60. The van der Waals surface area contributed by atoms with Gasteiger partial charge in [0.05, 0.1) is 15.9 Å². The minimum Gasteiger partial charge on any atom is -0.308 e. The van der Waals surface area contributed by atoms with Gasteiger partial charge in [-0.05, 0) is 38.5 Å². The topological polar surface area (TPSA) is 30.7 Å². The van der Waals surface area contributed by atoms with Crippen molar-refractivity contribution >= 4 is 34.8 Å². The zero-order valence-electron chi connectivity index (χ0n) is 11.6. The summed E-state index contributed by atoms with van der Waals surface area (Å²) in [6.07, 6.45) is 0.637. The summed E-state index contributed by atoms with van der Waals surface area (Å²) in [4.78, 5) is 0. The number of halogens is 3. The predicted octanol–water partition coefficient (Wildman–Crippen LogP) is 4.67. The van der Waals surface area contributed by atoms with Gasteiger partial charge in [-0.3, -0.25) is 0 Å². The highest BCUT2D eigenvalue weighted by Gasteiger charge is 2.22. The maximum atomic E-state index is 6.05. The van der Waals surface area contributed by atoms with Crippen LogP contribution in [0.25, 0.3) is 0 Å². The molecule has 0 bridgehead atoms. The van der Waals surface area contributed by atoms with Crippen LogP contribution in [-0.2, 0) is 17.8 Å². The molecule has 0 saturated heterocycles. The third-order valence-corrected chi connectivity index (χ3v) is 3.91. The molecule has 108 valence electrons. The highest BCUT2D eigenvalue weighted by molar-refractivity contribution is 6.42. The fourth-order valence-electron chi connectivity index (χ4n) is 2.16. The minimum atomic E-state index is -0.126. The molecule has 0 aliphatic rings. The smallest absolute Gasteiger partial charge is 0.148 e. The minimum absolute atomic E-state index is 0.126. The molecule has 2 rings (SSSR count). The first-order valence-corrected chi connectivity index (χ1v) is 7.55. The van der Waals surface area contributed by atoms with Crippen molar-refractivity contribution in [2.75, 3.05) is 0 Å². The second-order valence-corrected chi connectivity index (χ2v) is 6.68. The van der Waals surface area contributed by atoms with Crippen LogP contribution >= 0.6 is 34.8 Å². The average Bonchev–Trinajstić information content (AvgIpc) is 2.76. The Bertz CT molecular complexity index is 615. The number of hydrogen-bond acceptors (Lipinski definition) is 2. The molecule has 1 heterocycles. The molecule has 1 aromatic carbocycles. The van der Waals surface area contributed by atoms with Crippen molar-refractivity contribution in [2.45, 2.75) is 38.6 Å². The van der Waals surface area contributed by atoms with E-state index >= 15 is 0 Å². The third-order valence-electron chi connectivity index (χ3n) is 2.93. The van der Waals surface area contributed by atoms with Gasteiger partial charge in [-0.1, -0.05) is 29.3 Å². The molecule has 0 radical (unpaired) electrons. The molecule has 2 aromatic rings. The van der Waals surface area contributed by atoms with E-state index in [1.807, 2.05) is 12.1 Å². The zero-order valence-corrected chi connectivity index (χ0v) is 13.9. The SMILES string of the molecule is CC(C)(C)n1c(CCl)nnc1Cc1ccc(Cl)c(Cl)c1. The van der Waals surface area contributed by atoms with Crippen LogP contribution in [0.2, 0.25) is 10.0 Å². The van der Waals surface area contributed by atoms with Crippen molar-refractivity contribution in [1.82, 2.24) is 14.8 Å². The molecule has 0 saturated carbocycles. The Morgan fingerprint density at radius 2 is 1.70 bits per heavy atom. The van der Waals surface area contributed by atoms with Crippen LogP contribution in [0.15, 0.2) is 18.2 Å². The second kappa shape index (κ2) is 5.92. The predicted molar refractivity (Wildman–Crippen MR) is 83.8 cm³/mol. The van der Waals surface area contributed by atoms with Crippen molar-refractivity contribution in [3.8, 4) is 0 Å². The summed E-state index contributed by atoms with van der Waals surface area (Å²) in [5.41, 5.74) is 0.914. The van der Waals surface area contributed by atoms with Gasteiger partial charge in [-0.2, -0.15) is 0 Å². The number of aromatic nitrogens is 3. The summed E-state index contributed by atoms with van der Waals surface area (Å²) in [6, 6.07) is 5.59. The van der Waals surface area contributed by atoms with E-state index in [9.17, 15) is 0 Å². The first kappa shape index (κ1) is 15.6. The molecule has 20 heavy (non-hydrogen) atoms. The van der Waals surface area contributed by atoms with Crippen molar-refractivity contribution in [1.29, 1.82) is 0 Å². The van der Waals surface area contributed by atoms with Crippen molar-refractivity contribution < 1.29 is 0 Å². The molecule has 0 amide bonds. The van der Waals surface area contributed by atoms with E-state index in [4.69, 9.17) is 34.8 Å². The lowest BCUT2D eigenvalue weighted by atomic mass is 10.1. The van der Waals surface area contributed by atoms with E-state index in [0.717, 1.165) is 17.2 Å². The first-order chi connectivity index (χ1) is 9.32. The van der Waals surface area contributed by atoms with Gasteiger partial charge in [0.15, 0.2) is 0 Å². The summed E-state index contributed by atoms with van der Waals surface area (Å²) in [6.45, 7) is 6.31. The van der Waals surface area contributed by atoms with E-state index in [1.165, 1.54) is 0 Å². The molecule has 1 aromatic heterocycles. The largest absolute Gasteiger partial charge is 0.308 e. The number of alkyl halides is 1. The Hall–Kier alpha value is -0.770. The Labute approximate surface area is 133 Å². The van der Waals surface area contributed by atoms with E-state index < -0.39 is 0 Å².